The molecule has 0 aliphatic carbocycles. The number of nitrogens with zero attached hydrogens (tertiary/aromatic N) is 5. The highest BCUT2D eigenvalue weighted by atomic mass is 35.5. The van der Waals surface area contributed by atoms with Gasteiger partial charge >= 0.3 is 0 Å². The van der Waals surface area contributed by atoms with Crippen LogP contribution in [-0.4, -0.2) is 76.6 Å². The normalized spacial score (nSPS) is 14.8. The quantitative estimate of drug-likeness (QED) is 0.253. The fourth-order valence-corrected chi connectivity index (χ4v) is 4.06. The van der Waals surface area contributed by atoms with Crippen molar-refractivity contribution < 1.29 is 5.11 Å². The van der Waals surface area contributed by atoms with Gasteiger partial charge in [-0.3, -0.25) is 15.2 Å². The van der Waals surface area contributed by atoms with Gasteiger partial charge in [0, 0.05) is 56.2 Å². The first-order valence-corrected chi connectivity index (χ1v) is 11.8. The van der Waals surface area contributed by atoms with E-state index in [4.69, 9.17) is 22.1 Å². The first-order chi connectivity index (χ1) is 17.1. The average molecular weight is 493 g/mol. The van der Waals surface area contributed by atoms with E-state index in [1.165, 1.54) is 18.1 Å². The van der Waals surface area contributed by atoms with Crippen LogP contribution in [-0.2, 0) is 6.54 Å². The molecule has 35 heavy (non-hydrogen) atoms. The summed E-state index contributed by atoms with van der Waals surface area (Å²) in [5.74, 6) is 0.907. The first-order valence-electron chi connectivity index (χ1n) is 11.5. The van der Waals surface area contributed by atoms with E-state index in [1.807, 2.05) is 24.3 Å². The predicted octanol–water partition coefficient (Wildman–Crippen LogP) is 3.43. The van der Waals surface area contributed by atoms with Crippen LogP contribution in [0.4, 0.5) is 17.3 Å². The number of nitrogens with one attached hydrogen (secondary N) is 3. The SMILES string of the molecule is N=Cc1c(N/N=C/c2ccc(CN3CCN(CCO)CC3)cc2)ncnc1Nc1cccc(Cl)c1. The number of rotatable bonds is 10. The van der Waals surface area contributed by atoms with Gasteiger partial charge < -0.3 is 15.8 Å². The number of anilines is 3. The second-order valence-electron chi connectivity index (χ2n) is 8.22. The molecule has 0 saturated carbocycles. The Labute approximate surface area is 210 Å². The lowest BCUT2D eigenvalue weighted by atomic mass is 10.1. The minimum absolute atomic E-state index is 0.221. The summed E-state index contributed by atoms with van der Waals surface area (Å²) in [4.78, 5) is 13.2. The van der Waals surface area contributed by atoms with E-state index in [0.29, 0.717) is 22.2 Å². The molecule has 4 rings (SSSR count). The van der Waals surface area contributed by atoms with Crippen molar-refractivity contribution in [1.29, 1.82) is 5.41 Å². The van der Waals surface area contributed by atoms with Gasteiger partial charge in [-0.05, 0) is 29.3 Å². The van der Waals surface area contributed by atoms with Gasteiger partial charge in [-0.25, -0.2) is 9.97 Å². The molecule has 3 aromatic rings. The molecule has 2 heterocycles. The molecular weight excluding hydrogens is 464 g/mol. The van der Waals surface area contributed by atoms with Gasteiger partial charge in [0.15, 0.2) is 5.82 Å². The molecule has 1 aromatic heterocycles. The summed E-state index contributed by atoms with van der Waals surface area (Å²) in [6, 6.07) is 15.6. The minimum Gasteiger partial charge on any atom is -0.395 e. The van der Waals surface area contributed by atoms with Crippen molar-refractivity contribution in [3.8, 4) is 0 Å². The monoisotopic (exact) mass is 492 g/mol. The minimum atomic E-state index is 0.221. The maximum atomic E-state index is 9.08. The van der Waals surface area contributed by atoms with Crippen LogP contribution in [0.15, 0.2) is 60.0 Å². The molecule has 9 nitrogen and oxygen atoms in total. The molecule has 4 N–H and O–H groups in total. The van der Waals surface area contributed by atoms with Crippen molar-refractivity contribution in [3.63, 3.8) is 0 Å². The van der Waals surface area contributed by atoms with E-state index in [0.717, 1.165) is 50.5 Å². The Hall–Kier alpha value is -3.37. The van der Waals surface area contributed by atoms with Gasteiger partial charge in [0.05, 0.1) is 18.4 Å². The zero-order chi connectivity index (χ0) is 24.5. The van der Waals surface area contributed by atoms with Gasteiger partial charge in [-0.15, -0.1) is 0 Å². The second-order valence-corrected chi connectivity index (χ2v) is 8.65. The molecule has 1 aliphatic heterocycles. The number of aliphatic hydroxyl groups excluding tert-OH is 1. The fourth-order valence-electron chi connectivity index (χ4n) is 3.87. The Kier molecular flexibility index (Phi) is 8.74. The number of benzene rings is 2. The molecular formula is C25H29ClN8O. The lowest BCUT2D eigenvalue weighted by Crippen LogP contribution is -2.46. The van der Waals surface area contributed by atoms with Crippen molar-refractivity contribution in [1.82, 2.24) is 19.8 Å². The van der Waals surface area contributed by atoms with Crippen molar-refractivity contribution in [2.45, 2.75) is 6.54 Å². The number of hydrogen-bond donors (Lipinski definition) is 4. The number of halogens is 1. The van der Waals surface area contributed by atoms with Crippen LogP contribution < -0.4 is 10.7 Å². The molecule has 182 valence electrons. The van der Waals surface area contributed by atoms with Crippen LogP contribution in [0.5, 0.6) is 0 Å². The summed E-state index contributed by atoms with van der Waals surface area (Å²) < 4.78 is 0. The van der Waals surface area contributed by atoms with E-state index in [9.17, 15) is 0 Å². The van der Waals surface area contributed by atoms with Gasteiger partial charge in [0.2, 0.25) is 0 Å². The zero-order valence-electron chi connectivity index (χ0n) is 19.4. The Morgan fingerprint density at radius 2 is 1.77 bits per heavy atom. The number of aromatic nitrogens is 2. The van der Waals surface area contributed by atoms with E-state index in [2.05, 4.69) is 47.7 Å². The van der Waals surface area contributed by atoms with Crippen molar-refractivity contribution >= 4 is 41.4 Å². The largest absolute Gasteiger partial charge is 0.395 e. The molecule has 0 radical (unpaired) electrons. The Balaban J connectivity index is 1.34. The number of hydrazone groups is 1. The lowest BCUT2D eigenvalue weighted by molar-refractivity contribution is 0.108. The van der Waals surface area contributed by atoms with E-state index in [1.54, 1.807) is 18.3 Å². The predicted molar refractivity (Wildman–Crippen MR) is 141 cm³/mol. The highest BCUT2D eigenvalue weighted by Gasteiger charge is 2.16. The van der Waals surface area contributed by atoms with Crippen LogP contribution in [0, 0.1) is 5.41 Å². The summed E-state index contributed by atoms with van der Waals surface area (Å²) >= 11 is 6.06. The Bertz CT molecular complexity index is 1150. The van der Waals surface area contributed by atoms with Crippen molar-refractivity contribution in [3.05, 3.63) is 76.6 Å². The van der Waals surface area contributed by atoms with Crippen LogP contribution in [0.3, 0.4) is 0 Å². The molecule has 1 fully saturated rings. The first kappa shape index (κ1) is 24.7. The van der Waals surface area contributed by atoms with Crippen LogP contribution >= 0.6 is 11.6 Å². The van der Waals surface area contributed by atoms with Gasteiger partial charge in [0.25, 0.3) is 0 Å². The van der Waals surface area contributed by atoms with Gasteiger partial charge in [0.1, 0.15) is 12.1 Å². The maximum absolute atomic E-state index is 9.08. The summed E-state index contributed by atoms with van der Waals surface area (Å²) in [6.45, 7) is 5.90. The zero-order valence-corrected chi connectivity index (χ0v) is 20.1. The molecule has 0 bridgehead atoms. The van der Waals surface area contributed by atoms with Gasteiger partial charge in [-0.1, -0.05) is 41.9 Å². The van der Waals surface area contributed by atoms with Crippen LogP contribution in [0.25, 0.3) is 0 Å². The molecule has 0 amide bonds. The Morgan fingerprint density at radius 3 is 2.49 bits per heavy atom. The highest BCUT2D eigenvalue weighted by Crippen LogP contribution is 2.23. The fraction of sp³-hybridized carbons (Fsp3) is 0.280. The number of β-amino-alcohol motifs (C(OH)–C–C–N with tert-alkyl or cyclic N) is 1. The van der Waals surface area contributed by atoms with Crippen molar-refractivity contribution in [2.75, 3.05) is 50.1 Å². The molecule has 0 unspecified atom stereocenters. The summed E-state index contributed by atoms with van der Waals surface area (Å²) in [6.07, 6.45) is 4.32. The third-order valence-corrected chi connectivity index (χ3v) is 6.00. The topological polar surface area (TPSA) is 113 Å². The Morgan fingerprint density at radius 1 is 1.03 bits per heavy atom. The smallest absolute Gasteiger partial charge is 0.160 e. The summed E-state index contributed by atoms with van der Waals surface area (Å²) in [7, 11) is 0. The number of hydrogen-bond acceptors (Lipinski definition) is 9. The van der Waals surface area contributed by atoms with E-state index in [-0.39, 0.29) is 6.61 Å². The maximum Gasteiger partial charge on any atom is 0.160 e. The average Bonchev–Trinajstić information content (AvgIpc) is 2.87. The molecule has 10 heteroatoms. The lowest BCUT2D eigenvalue weighted by Gasteiger charge is -2.34. The summed E-state index contributed by atoms with van der Waals surface area (Å²) in [5.41, 5.74) is 6.37. The standard InChI is InChI=1S/C25H29ClN8O/c26-21-2-1-3-22(14-21)31-24-23(15-27)25(29-18-28-24)32-30-16-19-4-6-20(7-5-19)17-34-10-8-33(9-11-34)12-13-35/h1-7,14-16,18,27,35H,8-13,17H2,(H2,28,29,31,32)/b27-15?,30-16+. The number of piperazine rings is 1. The molecule has 0 spiro atoms. The molecule has 2 aromatic carbocycles. The van der Waals surface area contributed by atoms with Crippen molar-refractivity contribution in [2.24, 2.45) is 5.10 Å². The molecule has 1 aliphatic rings. The second kappa shape index (κ2) is 12.4. The third kappa shape index (κ3) is 7.06. The molecule has 1 saturated heterocycles. The highest BCUT2D eigenvalue weighted by molar-refractivity contribution is 6.30. The van der Waals surface area contributed by atoms with Crippen LogP contribution in [0.2, 0.25) is 5.02 Å². The van der Waals surface area contributed by atoms with E-state index >= 15 is 0 Å². The number of aliphatic hydroxyl groups is 1. The van der Waals surface area contributed by atoms with Crippen LogP contribution in [0.1, 0.15) is 16.7 Å². The molecule has 0 atom stereocenters. The van der Waals surface area contributed by atoms with Gasteiger partial charge in [-0.2, -0.15) is 5.10 Å². The van der Waals surface area contributed by atoms with E-state index < -0.39 is 0 Å². The third-order valence-electron chi connectivity index (χ3n) is 5.77. The summed E-state index contributed by atoms with van der Waals surface area (Å²) in [5, 5.41) is 25.0.